The highest BCUT2D eigenvalue weighted by Crippen LogP contribution is 2.42. The van der Waals surface area contributed by atoms with Gasteiger partial charge in [-0.2, -0.15) is 0 Å². The van der Waals surface area contributed by atoms with Gasteiger partial charge in [0.2, 0.25) is 11.7 Å². The molecule has 0 atom stereocenters. The molecule has 5 rings (SSSR count). The minimum absolute atomic E-state index is 0.0299. The summed E-state index contributed by atoms with van der Waals surface area (Å²) in [5.41, 5.74) is 10.8. The number of thioether (sulfide) groups is 1. The van der Waals surface area contributed by atoms with Crippen molar-refractivity contribution in [2.45, 2.75) is 11.8 Å². The van der Waals surface area contributed by atoms with E-state index in [1.54, 1.807) is 10.5 Å². The molecule has 0 saturated heterocycles. The third kappa shape index (κ3) is 2.20. The number of para-hydroxylation sites is 2. The van der Waals surface area contributed by atoms with Gasteiger partial charge in [0.15, 0.2) is 5.65 Å². The Hall–Kier alpha value is -3.25. The number of Topliss-reactive ketones (excluding diaryl/α,β-unsaturated/α-hetero) is 1. The molecule has 0 radical (unpaired) electrons. The lowest BCUT2D eigenvalue weighted by Gasteiger charge is -2.11. The third-order valence-electron chi connectivity index (χ3n) is 4.91. The summed E-state index contributed by atoms with van der Waals surface area (Å²) >= 11 is 1.41. The number of nitrogens with two attached hydrogens (primary N) is 1. The molecule has 2 aromatic carbocycles. The first kappa shape index (κ1) is 16.0. The van der Waals surface area contributed by atoms with Gasteiger partial charge in [-0.15, -0.1) is 0 Å². The molecule has 0 saturated carbocycles. The van der Waals surface area contributed by atoms with Crippen LogP contribution in [0.25, 0.3) is 22.8 Å². The molecule has 0 bridgehead atoms. The number of nitrogens with zero attached hydrogens (tertiary/aromatic N) is 2. The van der Waals surface area contributed by atoms with Crippen LogP contribution < -0.4 is 5.73 Å². The van der Waals surface area contributed by atoms with E-state index in [1.807, 2.05) is 55.5 Å². The van der Waals surface area contributed by atoms with E-state index in [0.717, 1.165) is 15.9 Å². The van der Waals surface area contributed by atoms with Crippen LogP contribution in [0.1, 0.15) is 21.5 Å². The van der Waals surface area contributed by atoms with Crippen molar-refractivity contribution in [3.63, 3.8) is 0 Å². The van der Waals surface area contributed by atoms with Gasteiger partial charge in [-0.3, -0.25) is 9.20 Å². The van der Waals surface area contributed by atoms with E-state index in [0.29, 0.717) is 32.9 Å². The number of anilines is 1. The summed E-state index contributed by atoms with van der Waals surface area (Å²) in [6.45, 7) is 1.83. The molecular formula is C21H15N3O2S. The second-order valence-corrected chi connectivity index (χ2v) is 7.56. The summed E-state index contributed by atoms with van der Waals surface area (Å²) in [5.74, 6) is -0.00851. The Bertz CT molecular complexity index is 1300. The second kappa shape index (κ2) is 5.62. The number of hydrogen-bond donors (Lipinski definition) is 2. The zero-order valence-electron chi connectivity index (χ0n) is 14.4. The molecule has 0 spiro atoms. The molecule has 3 heterocycles. The van der Waals surface area contributed by atoms with E-state index in [9.17, 15) is 9.90 Å². The number of hydrogen-bond acceptors (Lipinski definition) is 5. The molecule has 27 heavy (non-hydrogen) atoms. The van der Waals surface area contributed by atoms with Crippen LogP contribution in [0.2, 0.25) is 0 Å². The van der Waals surface area contributed by atoms with Crippen LogP contribution in [0.4, 0.5) is 5.69 Å². The maximum Gasteiger partial charge on any atom is 0.205 e. The number of allylic oxidation sites excluding steroid dienone is 1. The fourth-order valence-electron chi connectivity index (χ4n) is 3.46. The minimum atomic E-state index is -0.0384. The molecular weight excluding hydrogens is 358 g/mol. The summed E-state index contributed by atoms with van der Waals surface area (Å²) in [4.78, 5) is 18.7. The van der Waals surface area contributed by atoms with E-state index >= 15 is 0 Å². The van der Waals surface area contributed by atoms with Gasteiger partial charge in [0.25, 0.3) is 0 Å². The molecule has 0 fully saturated rings. The first-order chi connectivity index (χ1) is 13.1. The molecule has 3 N–H and O–H groups in total. The number of pyridine rings is 1. The van der Waals surface area contributed by atoms with Crippen LogP contribution in [0, 0.1) is 6.92 Å². The highest BCUT2D eigenvalue weighted by Gasteiger charge is 2.27. The van der Waals surface area contributed by atoms with Gasteiger partial charge in [0, 0.05) is 16.0 Å². The maximum absolute atomic E-state index is 12.7. The number of aromatic hydroxyl groups is 1. The quantitative estimate of drug-likeness (QED) is 0.483. The monoisotopic (exact) mass is 373 g/mol. The number of imidazole rings is 1. The summed E-state index contributed by atoms with van der Waals surface area (Å²) in [6.07, 6.45) is 1.72. The lowest BCUT2D eigenvalue weighted by Crippen LogP contribution is -2.01. The van der Waals surface area contributed by atoms with Gasteiger partial charge in [-0.05, 0) is 42.8 Å². The van der Waals surface area contributed by atoms with Crippen LogP contribution in [0.15, 0.2) is 58.3 Å². The van der Waals surface area contributed by atoms with Crippen molar-refractivity contribution in [3.8, 4) is 5.88 Å². The number of aromatic nitrogens is 2. The Kier molecular flexibility index (Phi) is 3.32. The fraction of sp³-hybridized carbons (Fsp3) is 0.0476. The lowest BCUT2D eigenvalue weighted by molar-refractivity contribution is 0.104. The number of benzene rings is 2. The SMILES string of the molecule is Cc1c(/C=C2\Sc3ccccc3C2=O)c(O)n2c(nc3ccccc32)c1N. The van der Waals surface area contributed by atoms with E-state index in [1.165, 1.54) is 11.8 Å². The topological polar surface area (TPSA) is 80.6 Å². The Morgan fingerprint density at radius 2 is 1.89 bits per heavy atom. The minimum Gasteiger partial charge on any atom is -0.494 e. The zero-order chi connectivity index (χ0) is 18.7. The molecule has 132 valence electrons. The van der Waals surface area contributed by atoms with E-state index in [-0.39, 0.29) is 11.7 Å². The average Bonchev–Trinajstić information content (AvgIpc) is 3.22. The van der Waals surface area contributed by atoms with Gasteiger partial charge >= 0.3 is 0 Å². The summed E-state index contributed by atoms with van der Waals surface area (Å²) < 4.78 is 1.64. The molecule has 5 nitrogen and oxygen atoms in total. The summed E-state index contributed by atoms with van der Waals surface area (Å²) in [6, 6.07) is 15.0. The smallest absolute Gasteiger partial charge is 0.205 e. The highest BCUT2D eigenvalue weighted by atomic mass is 32.2. The molecule has 2 aromatic heterocycles. The first-order valence-corrected chi connectivity index (χ1v) is 9.29. The van der Waals surface area contributed by atoms with Crippen LogP contribution >= 0.6 is 11.8 Å². The molecule has 1 aliphatic heterocycles. The largest absolute Gasteiger partial charge is 0.494 e. The number of fused-ring (bicyclic) bond motifs is 4. The van der Waals surface area contributed by atoms with Crippen LogP contribution in [0.3, 0.4) is 0 Å². The predicted molar refractivity (Wildman–Crippen MR) is 108 cm³/mol. The predicted octanol–water partition coefficient (Wildman–Crippen LogP) is 4.41. The standard InChI is InChI=1S/C21H15N3O2S/c1-11-13(10-17-19(25)12-6-2-5-9-16(12)27-17)21(26)24-15-8-4-3-7-14(15)23-20(24)18(11)22/h2-10,26H,22H2,1H3/b17-10-. The van der Waals surface area contributed by atoms with Gasteiger partial charge in [0.1, 0.15) is 0 Å². The van der Waals surface area contributed by atoms with Gasteiger partial charge < -0.3 is 10.8 Å². The van der Waals surface area contributed by atoms with Gasteiger partial charge in [0.05, 0.1) is 21.6 Å². The Morgan fingerprint density at radius 1 is 1.15 bits per heavy atom. The number of ketones is 1. The van der Waals surface area contributed by atoms with E-state index < -0.39 is 0 Å². The Labute approximate surface area is 159 Å². The molecule has 0 aliphatic carbocycles. The van der Waals surface area contributed by atoms with E-state index in [4.69, 9.17) is 5.73 Å². The first-order valence-electron chi connectivity index (χ1n) is 8.47. The van der Waals surface area contributed by atoms with Crippen molar-refractivity contribution in [2.75, 3.05) is 5.73 Å². The molecule has 0 unspecified atom stereocenters. The van der Waals surface area contributed by atoms with Gasteiger partial charge in [-0.1, -0.05) is 36.0 Å². The van der Waals surface area contributed by atoms with Crippen LogP contribution in [-0.2, 0) is 0 Å². The molecule has 1 aliphatic rings. The van der Waals surface area contributed by atoms with Crippen molar-refractivity contribution in [1.82, 2.24) is 9.38 Å². The van der Waals surface area contributed by atoms with E-state index in [2.05, 4.69) is 4.98 Å². The van der Waals surface area contributed by atoms with Crippen LogP contribution in [-0.4, -0.2) is 20.3 Å². The van der Waals surface area contributed by atoms with Crippen LogP contribution in [0.5, 0.6) is 5.88 Å². The molecule has 6 heteroatoms. The summed E-state index contributed by atoms with van der Waals surface area (Å²) in [7, 11) is 0. The van der Waals surface area contributed by atoms with Crippen molar-refractivity contribution in [2.24, 2.45) is 0 Å². The third-order valence-corrected chi connectivity index (χ3v) is 6.01. The average molecular weight is 373 g/mol. The van der Waals surface area contributed by atoms with Crippen molar-refractivity contribution < 1.29 is 9.90 Å². The Balaban J connectivity index is 1.77. The maximum atomic E-state index is 12.7. The fourth-order valence-corrected chi connectivity index (χ4v) is 4.50. The van der Waals surface area contributed by atoms with Crippen molar-refractivity contribution in [3.05, 3.63) is 70.1 Å². The normalized spacial score (nSPS) is 15.1. The molecule has 4 aromatic rings. The number of carbonyl (C=O) groups excluding carboxylic acids is 1. The van der Waals surface area contributed by atoms with Gasteiger partial charge in [-0.25, -0.2) is 4.98 Å². The zero-order valence-corrected chi connectivity index (χ0v) is 15.2. The number of rotatable bonds is 1. The van der Waals surface area contributed by atoms with Crippen molar-refractivity contribution >= 4 is 46.0 Å². The Morgan fingerprint density at radius 3 is 2.70 bits per heavy atom. The number of carbonyl (C=O) groups is 1. The number of nitrogen functional groups attached to an aromatic ring is 1. The lowest BCUT2D eigenvalue weighted by atomic mass is 10.1. The van der Waals surface area contributed by atoms with Crippen molar-refractivity contribution in [1.29, 1.82) is 0 Å². The highest BCUT2D eigenvalue weighted by molar-refractivity contribution is 8.04. The summed E-state index contributed by atoms with van der Waals surface area (Å²) in [5, 5.41) is 11.0. The molecule has 0 amide bonds. The second-order valence-electron chi connectivity index (χ2n) is 6.47.